The standard InChI is InChI=1S/C21H25N3O3S/c1-23(2)12-7-13-24(20(25)15-27-16-8-5-4-6-9-16)21-22-18-11-10-17(26-3)14-19(18)28-21/h4-6,8-11,14H,7,12-13,15H2,1-3H3. The average Bonchev–Trinajstić information content (AvgIpc) is 3.12. The molecule has 148 valence electrons. The Labute approximate surface area is 169 Å². The van der Waals surface area contributed by atoms with Crippen molar-refractivity contribution in [2.75, 3.05) is 45.8 Å². The summed E-state index contributed by atoms with van der Waals surface area (Å²) in [4.78, 5) is 21.4. The predicted molar refractivity (Wildman–Crippen MR) is 114 cm³/mol. The summed E-state index contributed by atoms with van der Waals surface area (Å²) in [6.07, 6.45) is 0.851. The molecule has 0 bridgehead atoms. The molecule has 1 aromatic heterocycles. The summed E-state index contributed by atoms with van der Waals surface area (Å²) in [5.74, 6) is 1.35. The molecular formula is C21H25N3O3S. The van der Waals surface area contributed by atoms with Crippen molar-refractivity contribution in [1.82, 2.24) is 9.88 Å². The number of para-hydroxylation sites is 1. The third kappa shape index (κ3) is 5.21. The fourth-order valence-corrected chi connectivity index (χ4v) is 3.78. The Kier molecular flexibility index (Phi) is 6.84. The molecule has 28 heavy (non-hydrogen) atoms. The molecule has 1 heterocycles. The number of rotatable bonds is 9. The Bertz CT molecular complexity index is 912. The summed E-state index contributed by atoms with van der Waals surface area (Å²) in [6.45, 7) is 1.46. The molecule has 7 heteroatoms. The van der Waals surface area contributed by atoms with Crippen LogP contribution in [0.2, 0.25) is 0 Å². The molecule has 0 spiro atoms. The van der Waals surface area contributed by atoms with E-state index < -0.39 is 0 Å². The van der Waals surface area contributed by atoms with Gasteiger partial charge in [0.2, 0.25) is 0 Å². The third-order valence-corrected chi connectivity index (χ3v) is 5.25. The van der Waals surface area contributed by atoms with Crippen LogP contribution in [-0.4, -0.2) is 56.7 Å². The van der Waals surface area contributed by atoms with Crippen LogP contribution in [0.1, 0.15) is 6.42 Å². The van der Waals surface area contributed by atoms with E-state index in [2.05, 4.69) is 9.88 Å². The lowest BCUT2D eigenvalue weighted by Crippen LogP contribution is -2.36. The van der Waals surface area contributed by atoms with Crippen molar-refractivity contribution in [2.45, 2.75) is 6.42 Å². The van der Waals surface area contributed by atoms with Crippen LogP contribution in [0.5, 0.6) is 11.5 Å². The lowest BCUT2D eigenvalue weighted by molar-refractivity contribution is -0.120. The highest BCUT2D eigenvalue weighted by Gasteiger charge is 2.20. The SMILES string of the molecule is COc1ccc2nc(N(CCCN(C)C)C(=O)COc3ccccc3)sc2c1. The second kappa shape index (κ2) is 9.52. The largest absolute Gasteiger partial charge is 0.497 e. The van der Waals surface area contributed by atoms with Gasteiger partial charge in [-0.15, -0.1) is 0 Å². The van der Waals surface area contributed by atoms with Gasteiger partial charge in [-0.1, -0.05) is 29.5 Å². The van der Waals surface area contributed by atoms with Crippen molar-refractivity contribution in [1.29, 1.82) is 0 Å². The van der Waals surface area contributed by atoms with Gasteiger partial charge in [0, 0.05) is 6.54 Å². The summed E-state index contributed by atoms with van der Waals surface area (Å²) < 4.78 is 11.9. The van der Waals surface area contributed by atoms with Gasteiger partial charge in [0.05, 0.1) is 17.3 Å². The average molecular weight is 400 g/mol. The maximum absolute atomic E-state index is 12.9. The first kappa shape index (κ1) is 20.1. The number of amides is 1. The normalized spacial score (nSPS) is 11.0. The number of thiazole rings is 1. The summed E-state index contributed by atoms with van der Waals surface area (Å²) in [5.41, 5.74) is 0.857. The van der Waals surface area contributed by atoms with Crippen LogP contribution < -0.4 is 14.4 Å². The van der Waals surface area contributed by atoms with Crippen molar-refractivity contribution >= 4 is 32.6 Å². The van der Waals surface area contributed by atoms with Gasteiger partial charge in [-0.3, -0.25) is 9.69 Å². The maximum atomic E-state index is 12.9. The second-order valence-corrected chi connectivity index (χ2v) is 7.64. The zero-order valence-electron chi connectivity index (χ0n) is 16.4. The van der Waals surface area contributed by atoms with Gasteiger partial charge in [0.25, 0.3) is 5.91 Å². The van der Waals surface area contributed by atoms with Crippen LogP contribution in [0.3, 0.4) is 0 Å². The number of aromatic nitrogens is 1. The van der Waals surface area contributed by atoms with Crippen molar-refractivity contribution in [3.63, 3.8) is 0 Å². The number of anilines is 1. The van der Waals surface area contributed by atoms with E-state index >= 15 is 0 Å². The van der Waals surface area contributed by atoms with Crippen molar-refractivity contribution in [3.8, 4) is 11.5 Å². The Morgan fingerprint density at radius 2 is 1.86 bits per heavy atom. The highest BCUT2D eigenvalue weighted by atomic mass is 32.1. The number of fused-ring (bicyclic) bond motifs is 1. The minimum Gasteiger partial charge on any atom is -0.497 e. The Balaban J connectivity index is 1.78. The molecule has 6 nitrogen and oxygen atoms in total. The van der Waals surface area contributed by atoms with E-state index in [-0.39, 0.29) is 12.5 Å². The summed E-state index contributed by atoms with van der Waals surface area (Å²) in [7, 11) is 5.68. The minimum atomic E-state index is -0.103. The van der Waals surface area contributed by atoms with Crippen LogP contribution in [-0.2, 0) is 4.79 Å². The van der Waals surface area contributed by atoms with Gasteiger partial charge < -0.3 is 14.4 Å². The van der Waals surface area contributed by atoms with E-state index in [0.717, 1.165) is 28.9 Å². The molecule has 0 radical (unpaired) electrons. The Hall–Kier alpha value is -2.64. The summed E-state index contributed by atoms with van der Waals surface area (Å²) in [5, 5.41) is 0.684. The molecule has 0 fully saturated rings. The number of methoxy groups -OCH3 is 1. The molecule has 1 amide bonds. The fraction of sp³-hybridized carbons (Fsp3) is 0.333. The molecule has 0 saturated carbocycles. The molecule has 0 aliphatic carbocycles. The highest BCUT2D eigenvalue weighted by molar-refractivity contribution is 7.22. The molecule has 0 aliphatic heterocycles. The number of ether oxygens (including phenoxy) is 2. The van der Waals surface area contributed by atoms with E-state index in [0.29, 0.717) is 17.4 Å². The number of carbonyl (C=O) groups excluding carboxylic acids is 1. The smallest absolute Gasteiger partial charge is 0.266 e. The molecule has 3 rings (SSSR count). The van der Waals surface area contributed by atoms with Crippen molar-refractivity contribution in [2.24, 2.45) is 0 Å². The zero-order valence-corrected chi connectivity index (χ0v) is 17.2. The molecule has 3 aromatic rings. The Morgan fingerprint density at radius 1 is 1.07 bits per heavy atom. The van der Waals surface area contributed by atoms with Gasteiger partial charge in [-0.25, -0.2) is 4.98 Å². The monoisotopic (exact) mass is 399 g/mol. The maximum Gasteiger partial charge on any atom is 0.266 e. The van der Waals surface area contributed by atoms with Crippen molar-refractivity contribution < 1.29 is 14.3 Å². The van der Waals surface area contributed by atoms with Gasteiger partial charge in [0.1, 0.15) is 11.5 Å². The van der Waals surface area contributed by atoms with E-state index in [1.807, 2.05) is 62.6 Å². The first-order valence-corrected chi connectivity index (χ1v) is 9.96. The zero-order chi connectivity index (χ0) is 19.9. The minimum absolute atomic E-state index is 0.0226. The first-order chi connectivity index (χ1) is 13.6. The summed E-state index contributed by atoms with van der Waals surface area (Å²) >= 11 is 1.49. The third-order valence-electron chi connectivity index (χ3n) is 4.21. The molecule has 0 aliphatic rings. The van der Waals surface area contributed by atoms with Crippen LogP contribution in [0.4, 0.5) is 5.13 Å². The van der Waals surface area contributed by atoms with Crippen LogP contribution in [0, 0.1) is 0 Å². The Morgan fingerprint density at radius 3 is 2.57 bits per heavy atom. The topological polar surface area (TPSA) is 54.9 Å². The predicted octanol–water partition coefficient (Wildman–Crippen LogP) is 3.67. The van der Waals surface area contributed by atoms with E-state index in [1.165, 1.54) is 11.3 Å². The van der Waals surface area contributed by atoms with Gasteiger partial charge in [0.15, 0.2) is 11.7 Å². The number of benzene rings is 2. The van der Waals surface area contributed by atoms with E-state index in [9.17, 15) is 4.79 Å². The molecule has 0 unspecified atom stereocenters. The fourth-order valence-electron chi connectivity index (χ4n) is 2.75. The number of carbonyl (C=O) groups is 1. The van der Waals surface area contributed by atoms with Crippen LogP contribution >= 0.6 is 11.3 Å². The quantitative estimate of drug-likeness (QED) is 0.550. The van der Waals surface area contributed by atoms with Crippen molar-refractivity contribution in [3.05, 3.63) is 48.5 Å². The van der Waals surface area contributed by atoms with E-state index in [4.69, 9.17) is 9.47 Å². The van der Waals surface area contributed by atoms with Crippen LogP contribution in [0.25, 0.3) is 10.2 Å². The van der Waals surface area contributed by atoms with E-state index in [1.54, 1.807) is 12.0 Å². The van der Waals surface area contributed by atoms with Gasteiger partial charge >= 0.3 is 0 Å². The number of hydrogen-bond donors (Lipinski definition) is 0. The van der Waals surface area contributed by atoms with Crippen LogP contribution in [0.15, 0.2) is 48.5 Å². The first-order valence-electron chi connectivity index (χ1n) is 9.14. The molecule has 0 atom stereocenters. The van der Waals surface area contributed by atoms with Gasteiger partial charge in [-0.2, -0.15) is 0 Å². The highest BCUT2D eigenvalue weighted by Crippen LogP contribution is 2.31. The number of nitrogens with zero attached hydrogens (tertiary/aromatic N) is 3. The lowest BCUT2D eigenvalue weighted by Gasteiger charge is -2.21. The molecule has 0 saturated heterocycles. The summed E-state index contributed by atoms with van der Waals surface area (Å²) in [6, 6.07) is 15.1. The van der Waals surface area contributed by atoms with Gasteiger partial charge in [-0.05, 0) is 57.4 Å². The second-order valence-electron chi connectivity index (χ2n) is 6.63. The molecule has 0 N–H and O–H groups in total. The number of hydrogen-bond acceptors (Lipinski definition) is 6. The molecular weight excluding hydrogens is 374 g/mol. The molecule has 2 aromatic carbocycles. The lowest BCUT2D eigenvalue weighted by atomic mass is 10.3.